The summed E-state index contributed by atoms with van der Waals surface area (Å²) < 4.78 is 27.1. The number of amides is 1. The topological polar surface area (TPSA) is 80.4 Å². The first-order valence-electron chi connectivity index (χ1n) is 6.66. The van der Waals surface area contributed by atoms with E-state index in [2.05, 4.69) is 15.3 Å². The van der Waals surface area contributed by atoms with E-state index in [0.717, 1.165) is 12.1 Å². The summed E-state index contributed by atoms with van der Waals surface area (Å²) in [6.07, 6.45) is 4.31. The van der Waals surface area contributed by atoms with E-state index < -0.39 is 23.1 Å². The molecule has 2 aromatic rings. The summed E-state index contributed by atoms with van der Waals surface area (Å²) >= 11 is 0. The third-order valence-electron chi connectivity index (χ3n) is 2.82. The minimum absolute atomic E-state index is 0.295. The van der Waals surface area contributed by atoms with E-state index >= 15 is 0 Å². The molecule has 1 aromatic carbocycles. The number of anilines is 1. The first-order chi connectivity index (χ1) is 11.0. The zero-order valence-corrected chi connectivity index (χ0v) is 12.3. The molecule has 23 heavy (non-hydrogen) atoms. The maximum atomic E-state index is 13.5. The van der Waals surface area contributed by atoms with Gasteiger partial charge in [0.05, 0.1) is 11.9 Å². The molecule has 0 aliphatic heterocycles. The molecule has 3 N–H and O–H groups in total. The standard InChI is InChI=1S/C16H14F2N4O/c1-10(7-8-19)21-14-6-5-11(9-20-14)22-16(23)15-12(17)3-2-4-13(15)18/h2-9H,19H2,1H3,(H,22,23)/b8-7-,21-10?. The Balaban J connectivity index is 2.15. The lowest BCUT2D eigenvalue weighted by Crippen LogP contribution is -2.15. The normalized spacial score (nSPS) is 11.7. The number of aliphatic imine (C=N–C) groups is 1. The highest BCUT2D eigenvalue weighted by molar-refractivity contribution is 6.04. The van der Waals surface area contributed by atoms with E-state index in [4.69, 9.17) is 5.73 Å². The lowest BCUT2D eigenvalue weighted by Gasteiger charge is -2.07. The number of carbonyl (C=O) groups is 1. The number of hydrogen-bond donors (Lipinski definition) is 2. The summed E-state index contributed by atoms with van der Waals surface area (Å²) in [5.41, 5.74) is 5.56. The molecule has 0 aliphatic carbocycles. The van der Waals surface area contributed by atoms with E-state index in [9.17, 15) is 13.6 Å². The maximum absolute atomic E-state index is 13.5. The van der Waals surface area contributed by atoms with Crippen molar-refractivity contribution in [1.29, 1.82) is 0 Å². The predicted octanol–water partition coefficient (Wildman–Crippen LogP) is 3.18. The SMILES string of the molecule is CC(/C=C\N)=Nc1ccc(NC(=O)c2c(F)cccc2F)cn1. The van der Waals surface area contributed by atoms with E-state index in [1.807, 2.05) is 0 Å². The molecule has 2 rings (SSSR count). The number of nitrogens with two attached hydrogens (primary N) is 1. The number of nitrogens with zero attached hydrogens (tertiary/aromatic N) is 2. The third-order valence-corrected chi connectivity index (χ3v) is 2.82. The van der Waals surface area contributed by atoms with Gasteiger partial charge in [-0.15, -0.1) is 0 Å². The van der Waals surface area contributed by atoms with Gasteiger partial charge in [0.15, 0.2) is 5.82 Å². The second-order valence-corrected chi connectivity index (χ2v) is 4.57. The summed E-state index contributed by atoms with van der Waals surface area (Å²) in [4.78, 5) is 20.1. The van der Waals surface area contributed by atoms with Crippen molar-refractivity contribution in [3.63, 3.8) is 0 Å². The van der Waals surface area contributed by atoms with Crippen molar-refractivity contribution in [2.45, 2.75) is 6.92 Å². The van der Waals surface area contributed by atoms with Crippen LogP contribution in [0.4, 0.5) is 20.3 Å². The number of hydrogen-bond acceptors (Lipinski definition) is 4. The molecule has 0 radical (unpaired) electrons. The number of aromatic nitrogens is 1. The summed E-state index contributed by atoms with van der Waals surface area (Å²) in [6, 6.07) is 6.31. The maximum Gasteiger partial charge on any atom is 0.261 e. The second-order valence-electron chi connectivity index (χ2n) is 4.57. The molecule has 7 heteroatoms. The van der Waals surface area contributed by atoms with Crippen LogP contribution in [0.15, 0.2) is 53.8 Å². The highest BCUT2D eigenvalue weighted by atomic mass is 19.1. The zero-order chi connectivity index (χ0) is 16.8. The van der Waals surface area contributed by atoms with Crippen LogP contribution in [0.1, 0.15) is 17.3 Å². The smallest absolute Gasteiger partial charge is 0.261 e. The predicted molar refractivity (Wildman–Crippen MR) is 84.6 cm³/mol. The molecule has 1 amide bonds. The number of benzene rings is 1. The highest BCUT2D eigenvalue weighted by Gasteiger charge is 2.17. The number of pyridine rings is 1. The zero-order valence-electron chi connectivity index (χ0n) is 12.3. The van der Waals surface area contributed by atoms with Crippen molar-refractivity contribution in [2.24, 2.45) is 10.7 Å². The van der Waals surface area contributed by atoms with Crippen LogP contribution < -0.4 is 11.1 Å². The van der Waals surface area contributed by atoms with Crippen LogP contribution in [-0.4, -0.2) is 16.6 Å². The number of nitrogens with one attached hydrogen (secondary N) is 1. The Hall–Kier alpha value is -3.09. The molecule has 0 spiro atoms. The summed E-state index contributed by atoms with van der Waals surface area (Å²) in [7, 11) is 0. The first-order valence-corrected chi connectivity index (χ1v) is 6.66. The van der Waals surface area contributed by atoms with Crippen LogP contribution in [0.25, 0.3) is 0 Å². The van der Waals surface area contributed by atoms with Gasteiger partial charge in [0.1, 0.15) is 17.2 Å². The van der Waals surface area contributed by atoms with Crippen molar-refractivity contribution in [1.82, 2.24) is 4.98 Å². The number of allylic oxidation sites excluding steroid dienone is 1. The third kappa shape index (κ3) is 4.19. The van der Waals surface area contributed by atoms with Gasteiger partial charge in [-0.2, -0.15) is 0 Å². The molecular formula is C16H14F2N4O. The summed E-state index contributed by atoms with van der Waals surface area (Å²) in [5.74, 6) is -2.33. The van der Waals surface area contributed by atoms with Crippen LogP contribution in [0.5, 0.6) is 0 Å². The van der Waals surface area contributed by atoms with Gasteiger partial charge in [0.2, 0.25) is 0 Å². The fourth-order valence-electron chi connectivity index (χ4n) is 1.79. The molecule has 1 aromatic heterocycles. The number of rotatable bonds is 4. The Morgan fingerprint density at radius 3 is 2.52 bits per heavy atom. The van der Waals surface area contributed by atoms with E-state index in [-0.39, 0.29) is 0 Å². The molecule has 5 nitrogen and oxygen atoms in total. The van der Waals surface area contributed by atoms with Crippen molar-refractivity contribution in [3.8, 4) is 0 Å². The average Bonchev–Trinajstić information content (AvgIpc) is 2.49. The monoisotopic (exact) mass is 316 g/mol. The minimum Gasteiger partial charge on any atom is -0.405 e. The average molecular weight is 316 g/mol. The molecule has 0 bridgehead atoms. The largest absolute Gasteiger partial charge is 0.405 e. The Morgan fingerprint density at radius 2 is 1.96 bits per heavy atom. The molecule has 0 aliphatic rings. The first kappa shape index (κ1) is 16.3. The van der Waals surface area contributed by atoms with Crippen LogP contribution in [-0.2, 0) is 0 Å². The van der Waals surface area contributed by atoms with E-state index in [1.54, 1.807) is 19.1 Å². The molecule has 0 fully saturated rings. The lowest BCUT2D eigenvalue weighted by atomic mass is 10.2. The fraction of sp³-hybridized carbons (Fsp3) is 0.0625. The minimum atomic E-state index is -0.930. The van der Waals surface area contributed by atoms with Crippen molar-refractivity contribution in [3.05, 3.63) is 66.0 Å². The fourth-order valence-corrected chi connectivity index (χ4v) is 1.79. The van der Waals surface area contributed by atoms with Crippen LogP contribution >= 0.6 is 0 Å². The lowest BCUT2D eigenvalue weighted by molar-refractivity contribution is 0.101. The molecule has 0 unspecified atom stereocenters. The van der Waals surface area contributed by atoms with Gasteiger partial charge in [-0.3, -0.25) is 4.79 Å². The highest BCUT2D eigenvalue weighted by Crippen LogP contribution is 2.17. The molecule has 0 atom stereocenters. The van der Waals surface area contributed by atoms with E-state index in [1.165, 1.54) is 24.5 Å². The van der Waals surface area contributed by atoms with Gasteiger partial charge in [-0.25, -0.2) is 18.8 Å². The van der Waals surface area contributed by atoms with Gasteiger partial charge in [-0.05, 0) is 43.5 Å². The molecule has 118 valence electrons. The Kier molecular flexibility index (Phi) is 5.14. The van der Waals surface area contributed by atoms with Gasteiger partial charge < -0.3 is 11.1 Å². The van der Waals surface area contributed by atoms with E-state index in [0.29, 0.717) is 17.2 Å². The Labute approximate surface area is 131 Å². The van der Waals surface area contributed by atoms with Gasteiger partial charge in [0.25, 0.3) is 5.91 Å². The quantitative estimate of drug-likeness (QED) is 0.850. The Bertz CT molecular complexity index is 750. The number of halogens is 2. The van der Waals surface area contributed by atoms with Crippen molar-refractivity contribution >= 4 is 23.1 Å². The molecular weight excluding hydrogens is 302 g/mol. The number of carbonyl (C=O) groups excluding carboxylic acids is 1. The second kappa shape index (κ2) is 7.26. The van der Waals surface area contributed by atoms with Crippen LogP contribution in [0.3, 0.4) is 0 Å². The van der Waals surface area contributed by atoms with Crippen LogP contribution in [0.2, 0.25) is 0 Å². The Morgan fingerprint density at radius 1 is 1.26 bits per heavy atom. The summed E-state index contributed by atoms with van der Waals surface area (Å²) in [5, 5.41) is 2.38. The van der Waals surface area contributed by atoms with Crippen molar-refractivity contribution < 1.29 is 13.6 Å². The molecule has 0 saturated carbocycles. The van der Waals surface area contributed by atoms with Gasteiger partial charge >= 0.3 is 0 Å². The van der Waals surface area contributed by atoms with Gasteiger partial charge in [0, 0.05) is 5.71 Å². The van der Waals surface area contributed by atoms with Crippen LogP contribution in [0, 0.1) is 11.6 Å². The van der Waals surface area contributed by atoms with Gasteiger partial charge in [-0.1, -0.05) is 6.07 Å². The van der Waals surface area contributed by atoms with Crippen molar-refractivity contribution in [2.75, 3.05) is 5.32 Å². The molecule has 0 saturated heterocycles. The molecule has 1 heterocycles. The summed E-state index contributed by atoms with van der Waals surface area (Å²) in [6.45, 7) is 1.75.